The number of likely N-dealkylation sites (tertiary alicyclic amines) is 1. The van der Waals surface area contributed by atoms with Crippen LogP contribution in [-0.2, 0) is 59.2 Å². The SMILES string of the molecule is CC[C@H](C)[C@@H]1NC(=O)[C@H](Cc2ccc(O)cc2)NC(=O)[C@@H](N)CSSC[C@@H](C(=O)N2CCC[C@H]2C(=O)N[C@H](CC(C)C)C(=O)NCC(N)=O)NC(=O)[C@H](CC(N)=O)NC(=O)C(CCC(N)=O)NC1=O. The zero-order valence-corrected chi connectivity index (χ0v) is 40.7. The molecule has 0 aromatic heterocycles. The first kappa shape index (κ1) is 57.2. The van der Waals surface area contributed by atoms with Crippen molar-refractivity contribution in [1.29, 1.82) is 0 Å². The van der Waals surface area contributed by atoms with Crippen LogP contribution in [0.2, 0.25) is 0 Å². The number of nitrogens with zero attached hydrogens (tertiary/aromatic N) is 1. The fourth-order valence-electron chi connectivity index (χ4n) is 7.34. The number of aromatic hydroxyl groups is 1. The number of nitrogens with two attached hydrogens (primary N) is 4. The Hall–Kier alpha value is -6.15. The van der Waals surface area contributed by atoms with Gasteiger partial charge in [-0.05, 0) is 55.2 Å². The first-order valence-electron chi connectivity index (χ1n) is 22.5. The number of amides is 11. The van der Waals surface area contributed by atoms with E-state index in [1.54, 1.807) is 13.8 Å². The molecule has 16 N–H and O–H groups in total. The van der Waals surface area contributed by atoms with Gasteiger partial charge >= 0.3 is 0 Å². The van der Waals surface area contributed by atoms with Gasteiger partial charge in [0.2, 0.25) is 65.0 Å². The second-order valence-electron chi connectivity index (χ2n) is 17.4. The predicted octanol–water partition coefficient (Wildman–Crippen LogP) is -3.61. The summed E-state index contributed by atoms with van der Waals surface area (Å²) in [7, 11) is 2.05. The van der Waals surface area contributed by atoms with Crippen molar-refractivity contribution in [3.05, 3.63) is 29.8 Å². The topological polar surface area (TPSA) is 400 Å². The number of benzene rings is 1. The lowest BCUT2D eigenvalue weighted by Gasteiger charge is -2.31. The van der Waals surface area contributed by atoms with E-state index in [9.17, 15) is 57.8 Å². The van der Waals surface area contributed by atoms with Crippen LogP contribution in [0.4, 0.5) is 0 Å². The largest absolute Gasteiger partial charge is 0.508 e. The van der Waals surface area contributed by atoms with Gasteiger partial charge in [-0.15, -0.1) is 0 Å². The van der Waals surface area contributed by atoms with Gasteiger partial charge in [-0.2, -0.15) is 0 Å². The number of hydrogen-bond donors (Lipinski definition) is 12. The van der Waals surface area contributed by atoms with E-state index >= 15 is 0 Å². The molecule has 1 aromatic rings. The summed E-state index contributed by atoms with van der Waals surface area (Å²) in [6, 6.07) is -5.05. The quantitative estimate of drug-likeness (QED) is 0.0671. The molecule has 0 aliphatic carbocycles. The van der Waals surface area contributed by atoms with Gasteiger partial charge in [-0.3, -0.25) is 52.7 Å². The molecule has 2 aliphatic heterocycles. The maximum Gasteiger partial charge on any atom is 0.246 e. The number of carbonyl (C=O) groups is 11. The Morgan fingerprint density at radius 1 is 0.783 bits per heavy atom. The van der Waals surface area contributed by atoms with Crippen molar-refractivity contribution >= 4 is 86.6 Å². The molecule has 2 fully saturated rings. The van der Waals surface area contributed by atoms with E-state index in [1.807, 2.05) is 13.8 Å². The van der Waals surface area contributed by atoms with Gasteiger partial charge in [0, 0.05) is 30.9 Å². The van der Waals surface area contributed by atoms with Crippen LogP contribution in [-0.4, -0.2) is 148 Å². The third-order valence-electron chi connectivity index (χ3n) is 11.3. The normalized spacial score (nSPS) is 24.3. The van der Waals surface area contributed by atoms with Crippen LogP contribution in [0, 0.1) is 11.8 Å². The molecule has 3 rings (SSSR count). The van der Waals surface area contributed by atoms with E-state index in [-0.39, 0.29) is 49.0 Å². The smallest absolute Gasteiger partial charge is 0.246 e. The minimum Gasteiger partial charge on any atom is -0.508 e. The van der Waals surface area contributed by atoms with E-state index in [2.05, 4.69) is 37.2 Å². The predicted molar refractivity (Wildman–Crippen MR) is 254 cm³/mol. The van der Waals surface area contributed by atoms with E-state index in [0.717, 1.165) is 21.6 Å². The Balaban J connectivity index is 2.05. The number of hydrogen-bond acceptors (Lipinski definition) is 15. The Morgan fingerprint density at radius 3 is 2.00 bits per heavy atom. The summed E-state index contributed by atoms with van der Waals surface area (Å²) < 4.78 is 0. The molecule has 26 heteroatoms. The van der Waals surface area contributed by atoms with Crippen molar-refractivity contribution in [1.82, 2.24) is 42.1 Å². The lowest BCUT2D eigenvalue weighted by atomic mass is 9.96. The van der Waals surface area contributed by atoms with E-state index in [1.165, 1.54) is 29.2 Å². The molecule has 382 valence electrons. The highest BCUT2D eigenvalue weighted by Gasteiger charge is 2.41. The minimum atomic E-state index is -1.75. The van der Waals surface area contributed by atoms with Crippen LogP contribution < -0.4 is 60.2 Å². The van der Waals surface area contributed by atoms with Gasteiger partial charge in [-0.1, -0.05) is 67.8 Å². The molecule has 69 heavy (non-hydrogen) atoms. The second-order valence-corrected chi connectivity index (χ2v) is 20.0. The summed E-state index contributed by atoms with van der Waals surface area (Å²) in [4.78, 5) is 148. The Morgan fingerprint density at radius 2 is 1.39 bits per heavy atom. The first-order valence-corrected chi connectivity index (χ1v) is 25.0. The summed E-state index contributed by atoms with van der Waals surface area (Å²) in [6.07, 6.45) is -0.694. The highest BCUT2D eigenvalue weighted by atomic mass is 33.1. The summed E-state index contributed by atoms with van der Waals surface area (Å²) in [6.45, 7) is 6.60. The highest BCUT2D eigenvalue weighted by Crippen LogP contribution is 2.26. The van der Waals surface area contributed by atoms with Gasteiger partial charge in [0.15, 0.2) is 0 Å². The van der Waals surface area contributed by atoms with Gasteiger partial charge in [0.1, 0.15) is 48.0 Å². The number of phenolic OH excluding ortho intramolecular Hbond substituents is 1. The van der Waals surface area contributed by atoms with Gasteiger partial charge in [0.25, 0.3) is 0 Å². The van der Waals surface area contributed by atoms with Crippen LogP contribution in [0.3, 0.4) is 0 Å². The lowest BCUT2D eigenvalue weighted by molar-refractivity contribution is -0.142. The molecule has 1 aromatic carbocycles. The number of primary amides is 3. The molecular weight excluding hydrogens is 941 g/mol. The second kappa shape index (κ2) is 27.7. The maximum absolute atomic E-state index is 14.5. The Labute approximate surface area is 407 Å². The molecule has 24 nitrogen and oxygen atoms in total. The summed E-state index contributed by atoms with van der Waals surface area (Å²) in [5.41, 5.74) is 22.9. The summed E-state index contributed by atoms with van der Waals surface area (Å²) in [5.74, 6) is -10.4. The number of rotatable bonds is 17. The molecule has 0 bridgehead atoms. The Bertz CT molecular complexity index is 2050. The van der Waals surface area contributed by atoms with E-state index in [4.69, 9.17) is 22.9 Å². The summed E-state index contributed by atoms with van der Waals surface area (Å²) in [5, 5.41) is 27.7. The molecule has 1 unspecified atom stereocenters. The molecular formula is C43H66N12O12S2. The van der Waals surface area contributed by atoms with Crippen molar-refractivity contribution in [2.45, 2.75) is 127 Å². The van der Waals surface area contributed by atoms with Crippen molar-refractivity contribution in [2.24, 2.45) is 34.8 Å². The van der Waals surface area contributed by atoms with Crippen LogP contribution >= 0.6 is 21.6 Å². The molecule has 0 radical (unpaired) electrons. The number of carbonyl (C=O) groups excluding carboxylic acids is 11. The zero-order valence-electron chi connectivity index (χ0n) is 39.1. The van der Waals surface area contributed by atoms with Crippen molar-refractivity contribution < 1.29 is 57.8 Å². The van der Waals surface area contributed by atoms with E-state index < -0.39 is 145 Å². The number of nitrogens with one attached hydrogen (secondary N) is 7. The molecule has 2 heterocycles. The van der Waals surface area contributed by atoms with Crippen LogP contribution in [0.15, 0.2) is 24.3 Å². The fourth-order valence-corrected chi connectivity index (χ4v) is 9.62. The third kappa shape index (κ3) is 18.7. The van der Waals surface area contributed by atoms with Gasteiger partial charge in [-0.25, -0.2) is 0 Å². The van der Waals surface area contributed by atoms with Crippen molar-refractivity contribution in [3.63, 3.8) is 0 Å². The molecule has 0 saturated carbocycles. The average molecular weight is 1010 g/mol. The van der Waals surface area contributed by atoms with Crippen molar-refractivity contribution in [2.75, 3.05) is 24.6 Å². The molecule has 2 saturated heterocycles. The standard InChI is InChI=1S/C43H66N12O12S2/c1-5-22(4)35-42(66)49-26(12-13-32(45)57)38(62)51-29(17-33(46)58)39(63)53-30(20-69-68-19-25(44)36(60)50-28(40(64)54-35)16-23-8-10-24(56)11-9-23)43(67)55-14-6-7-31(55)41(65)52-27(15-21(2)3)37(61)48-18-34(47)59/h8-11,21-22,25-31,35,56H,5-7,12-20,44H2,1-4H3,(H2,45,57)(H2,46,58)(H2,47,59)(H,48,61)(H,49,66)(H,50,60)(H,51,62)(H,52,65)(H,53,63)(H,54,64)/t22-,25-,26?,27+,28-,29-,30-,31-,35-/m0/s1. The van der Waals surface area contributed by atoms with Crippen molar-refractivity contribution in [3.8, 4) is 5.75 Å². The Kier molecular flexibility index (Phi) is 23.0. The zero-order chi connectivity index (χ0) is 51.5. The van der Waals surface area contributed by atoms with Crippen LogP contribution in [0.25, 0.3) is 0 Å². The number of phenols is 1. The third-order valence-corrected chi connectivity index (χ3v) is 13.7. The average Bonchev–Trinajstić information content (AvgIpc) is 3.78. The molecule has 11 amide bonds. The van der Waals surface area contributed by atoms with Gasteiger partial charge < -0.3 is 70.2 Å². The fraction of sp³-hybridized carbons (Fsp3) is 0.605. The highest BCUT2D eigenvalue weighted by molar-refractivity contribution is 8.76. The molecule has 9 atom stereocenters. The molecule has 2 aliphatic rings. The molecule has 0 spiro atoms. The lowest BCUT2D eigenvalue weighted by Crippen LogP contribution is -2.61. The van der Waals surface area contributed by atoms with E-state index in [0.29, 0.717) is 18.4 Å². The first-order chi connectivity index (χ1) is 32.5. The summed E-state index contributed by atoms with van der Waals surface area (Å²) >= 11 is 0. The minimum absolute atomic E-state index is 0.0468. The van der Waals surface area contributed by atoms with Gasteiger partial charge in [0.05, 0.1) is 19.0 Å². The van der Waals surface area contributed by atoms with Crippen LogP contribution in [0.5, 0.6) is 5.75 Å². The maximum atomic E-state index is 14.5. The monoisotopic (exact) mass is 1010 g/mol. The van der Waals surface area contributed by atoms with Crippen LogP contribution in [0.1, 0.15) is 78.2 Å².